The number of benzene rings is 1. The molecule has 4 nitrogen and oxygen atoms in total. The molecule has 0 fully saturated rings. The zero-order valence-corrected chi connectivity index (χ0v) is 19.3. The SMILES string of the molecule is CC(C)Sc1cc(-n2c(=O)cc(C(F)(F)F)n(C)c2=O)c(F)cc1C#C[Si](C)(C)C. The summed E-state index contributed by atoms with van der Waals surface area (Å²) in [6.45, 7) is 9.92. The fourth-order valence-electron chi connectivity index (χ4n) is 2.54. The van der Waals surface area contributed by atoms with E-state index in [0.29, 0.717) is 15.0 Å². The van der Waals surface area contributed by atoms with Gasteiger partial charge in [0.1, 0.15) is 19.6 Å². The van der Waals surface area contributed by atoms with Gasteiger partial charge in [0.05, 0.1) is 5.69 Å². The van der Waals surface area contributed by atoms with E-state index in [1.54, 1.807) is 0 Å². The molecule has 0 unspecified atom stereocenters. The molecule has 0 bridgehead atoms. The van der Waals surface area contributed by atoms with E-state index in [0.717, 1.165) is 13.1 Å². The highest BCUT2D eigenvalue weighted by Gasteiger charge is 2.35. The minimum absolute atomic E-state index is 0.0860. The van der Waals surface area contributed by atoms with Gasteiger partial charge >= 0.3 is 11.9 Å². The summed E-state index contributed by atoms with van der Waals surface area (Å²) < 4.78 is 54.8. The summed E-state index contributed by atoms with van der Waals surface area (Å²) in [6.07, 6.45) is -4.89. The Morgan fingerprint density at radius 3 is 2.20 bits per heavy atom. The molecule has 1 heterocycles. The molecule has 0 aliphatic heterocycles. The molecule has 0 N–H and O–H groups in total. The third-order valence-electron chi connectivity index (χ3n) is 3.84. The summed E-state index contributed by atoms with van der Waals surface area (Å²) in [6, 6.07) is 2.70. The van der Waals surface area contributed by atoms with Crippen LogP contribution < -0.4 is 11.2 Å². The molecule has 0 radical (unpaired) electrons. The van der Waals surface area contributed by atoms with Gasteiger partial charge in [0.25, 0.3) is 5.56 Å². The number of rotatable bonds is 3. The lowest BCUT2D eigenvalue weighted by molar-refractivity contribution is -0.144. The zero-order valence-electron chi connectivity index (χ0n) is 17.4. The van der Waals surface area contributed by atoms with Crippen LogP contribution in [-0.4, -0.2) is 22.5 Å². The molecular formula is C20H22F4N2O2SSi. The Morgan fingerprint density at radius 2 is 1.70 bits per heavy atom. The lowest BCUT2D eigenvalue weighted by atomic mass is 10.2. The summed E-state index contributed by atoms with van der Waals surface area (Å²) in [5, 5.41) is 0.0860. The van der Waals surface area contributed by atoms with Crippen LogP contribution in [0.4, 0.5) is 17.6 Å². The maximum Gasteiger partial charge on any atom is 0.431 e. The van der Waals surface area contributed by atoms with Crippen molar-refractivity contribution in [3.8, 4) is 17.2 Å². The van der Waals surface area contributed by atoms with Crippen LogP contribution >= 0.6 is 11.8 Å². The van der Waals surface area contributed by atoms with E-state index < -0.39 is 42.7 Å². The molecule has 162 valence electrons. The molecule has 0 aliphatic carbocycles. The molecule has 0 spiro atoms. The van der Waals surface area contributed by atoms with Crippen LogP contribution in [0, 0.1) is 17.3 Å². The van der Waals surface area contributed by atoms with Gasteiger partial charge in [-0.2, -0.15) is 13.2 Å². The number of halogens is 4. The standard InChI is InChI=1S/C20H22F4N2O2SSi/c1-12(2)29-16-10-15(14(21)9-13(16)7-8-30(4,5)6)26-18(27)11-17(20(22,23)24)25(3)19(26)28/h9-12H,1-6H3. The minimum Gasteiger partial charge on any atom is -0.292 e. The normalized spacial score (nSPS) is 12.1. The lowest BCUT2D eigenvalue weighted by Gasteiger charge is -2.16. The number of hydrogen-bond acceptors (Lipinski definition) is 3. The van der Waals surface area contributed by atoms with Crippen LogP contribution in [0.15, 0.2) is 32.7 Å². The van der Waals surface area contributed by atoms with Gasteiger partial charge < -0.3 is 0 Å². The highest BCUT2D eigenvalue weighted by atomic mass is 32.2. The van der Waals surface area contributed by atoms with Gasteiger partial charge in [0.2, 0.25) is 0 Å². The Labute approximate surface area is 176 Å². The van der Waals surface area contributed by atoms with Crippen molar-refractivity contribution in [3.63, 3.8) is 0 Å². The van der Waals surface area contributed by atoms with Gasteiger partial charge in [-0.3, -0.25) is 9.36 Å². The van der Waals surface area contributed by atoms with E-state index in [4.69, 9.17) is 0 Å². The summed E-state index contributed by atoms with van der Waals surface area (Å²) in [5.74, 6) is 2.06. The van der Waals surface area contributed by atoms with E-state index in [1.165, 1.54) is 17.8 Å². The van der Waals surface area contributed by atoms with Crippen molar-refractivity contribution in [2.24, 2.45) is 7.05 Å². The van der Waals surface area contributed by atoms with Crippen LogP contribution in [0.25, 0.3) is 5.69 Å². The lowest BCUT2D eigenvalue weighted by Crippen LogP contribution is -2.41. The fraction of sp³-hybridized carbons (Fsp3) is 0.400. The first-order valence-electron chi connectivity index (χ1n) is 9.06. The number of alkyl halides is 3. The summed E-state index contributed by atoms with van der Waals surface area (Å²) >= 11 is 1.36. The van der Waals surface area contributed by atoms with Crippen LogP contribution in [-0.2, 0) is 13.2 Å². The minimum atomic E-state index is -4.89. The number of hydrogen-bond donors (Lipinski definition) is 0. The molecule has 0 amide bonds. The van der Waals surface area contributed by atoms with Crippen molar-refractivity contribution in [3.05, 3.63) is 56.1 Å². The third-order valence-corrected chi connectivity index (χ3v) is 5.77. The Hall–Kier alpha value is -2.25. The average Bonchev–Trinajstić information content (AvgIpc) is 2.57. The smallest absolute Gasteiger partial charge is 0.292 e. The second-order valence-electron chi connectivity index (χ2n) is 8.01. The molecule has 0 saturated carbocycles. The monoisotopic (exact) mass is 458 g/mol. The molecule has 0 saturated heterocycles. The highest BCUT2D eigenvalue weighted by molar-refractivity contribution is 8.00. The Morgan fingerprint density at radius 1 is 1.10 bits per heavy atom. The van der Waals surface area contributed by atoms with Crippen LogP contribution in [0.5, 0.6) is 0 Å². The first kappa shape index (κ1) is 24.0. The Balaban J connectivity index is 2.81. The fourth-order valence-corrected chi connectivity index (χ4v) is 3.97. The second kappa shape index (κ2) is 8.47. The first-order valence-corrected chi connectivity index (χ1v) is 13.4. The van der Waals surface area contributed by atoms with E-state index in [9.17, 15) is 27.2 Å². The van der Waals surface area contributed by atoms with Gasteiger partial charge in [0.15, 0.2) is 0 Å². The van der Waals surface area contributed by atoms with Crippen molar-refractivity contribution in [2.75, 3.05) is 0 Å². The number of aromatic nitrogens is 2. The maximum atomic E-state index is 14.9. The first-order chi connectivity index (χ1) is 13.6. The third kappa shape index (κ3) is 5.46. The van der Waals surface area contributed by atoms with Crippen molar-refractivity contribution < 1.29 is 17.6 Å². The van der Waals surface area contributed by atoms with Gasteiger partial charge in [-0.1, -0.05) is 39.4 Å². The molecule has 2 rings (SSSR count). The van der Waals surface area contributed by atoms with Gasteiger partial charge in [0, 0.05) is 28.8 Å². The van der Waals surface area contributed by atoms with Crippen molar-refractivity contribution in [1.29, 1.82) is 0 Å². The van der Waals surface area contributed by atoms with Gasteiger partial charge in [-0.05, 0) is 12.1 Å². The average molecular weight is 459 g/mol. The zero-order chi connectivity index (χ0) is 23.0. The van der Waals surface area contributed by atoms with E-state index in [-0.39, 0.29) is 15.9 Å². The summed E-state index contributed by atoms with van der Waals surface area (Å²) in [4.78, 5) is 25.4. The van der Waals surface area contributed by atoms with E-state index in [2.05, 4.69) is 11.5 Å². The quantitative estimate of drug-likeness (QED) is 0.296. The summed E-state index contributed by atoms with van der Waals surface area (Å²) in [5.41, 5.74) is -0.792. The molecule has 2 aromatic rings. The van der Waals surface area contributed by atoms with Gasteiger partial charge in [-0.25, -0.2) is 13.8 Å². The molecule has 1 aromatic heterocycles. The predicted molar refractivity (Wildman–Crippen MR) is 113 cm³/mol. The molecule has 0 atom stereocenters. The van der Waals surface area contributed by atoms with Crippen LogP contribution in [0.2, 0.25) is 19.6 Å². The Bertz CT molecular complexity index is 1150. The molecule has 10 heteroatoms. The van der Waals surface area contributed by atoms with Crippen molar-refractivity contribution in [1.82, 2.24) is 9.13 Å². The molecule has 1 aromatic carbocycles. The predicted octanol–water partition coefficient (Wildman–Crippen LogP) is 4.42. The number of nitrogens with zero attached hydrogens (tertiary/aromatic N) is 2. The van der Waals surface area contributed by atoms with Crippen LogP contribution in [0.3, 0.4) is 0 Å². The second-order valence-corrected chi connectivity index (χ2v) is 14.4. The molecule has 0 aliphatic rings. The van der Waals surface area contributed by atoms with E-state index >= 15 is 0 Å². The number of thioether (sulfide) groups is 1. The van der Waals surface area contributed by atoms with Gasteiger partial charge in [-0.15, -0.1) is 17.3 Å². The largest absolute Gasteiger partial charge is 0.431 e. The van der Waals surface area contributed by atoms with E-state index in [1.807, 2.05) is 33.5 Å². The van der Waals surface area contributed by atoms with Crippen molar-refractivity contribution in [2.45, 2.75) is 49.8 Å². The Kier molecular flexibility index (Phi) is 6.78. The maximum absolute atomic E-state index is 14.9. The van der Waals surface area contributed by atoms with Crippen molar-refractivity contribution >= 4 is 19.8 Å². The van der Waals surface area contributed by atoms with Crippen LogP contribution in [0.1, 0.15) is 25.1 Å². The molecular weight excluding hydrogens is 436 g/mol. The highest BCUT2D eigenvalue weighted by Crippen LogP contribution is 2.30. The summed E-state index contributed by atoms with van der Waals surface area (Å²) in [7, 11) is -0.870. The topological polar surface area (TPSA) is 44.0 Å². The molecule has 30 heavy (non-hydrogen) atoms.